The summed E-state index contributed by atoms with van der Waals surface area (Å²) in [5, 5.41) is 0.252. The number of hydrogen-bond donors (Lipinski definition) is 0. The van der Waals surface area contributed by atoms with Crippen LogP contribution < -0.4 is 4.74 Å². The fraction of sp³-hybridized carbons (Fsp3) is 0.583. The van der Waals surface area contributed by atoms with Gasteiger partial charge in [0, 0.05) is 11.6 Å². The number of ether oxygens (including phenoxy) is 1. The summed E-state index contributed by atoms with van der Waals surface area (Å²) >= 11 is 6.16. The Hall–Kier alpha value is -0.760. The van der Waals surface area contributed by atoms with Crippen LogP contribution in [0.2, 0.25) is 0 Å². The molecule has 0 aliphatic rings. The lowest BCUT2D eigenvalue weighted by Gasteiger charge is -2.09. The third kappa shape index (κ3) is 4.08. The van der Waals surface area contributed by atoms with E-state index < -0.39 is 0 Å². The molecule has 0 saturated heterocycles. The van der Waals surface area contributed by atoms with Crippen LogP contribution in [0.3, 0.4) is 0 Å². The van der Waals surface area contributed by atoms with E-state index >= 15 is 0 Å². The maximum atomic E-state index is 6.16. The third-order valence-electron chi connectivity index (χ3n) is 2.36. The van der Waals surface area contributed by atoms with Crippen molar-refractivity contribution in [3.05, 3.63) is 24.0 Å². The van der Waals surface area contributed by atoms with Gasteiger partial charge in [0.05, 0.1) is 12.8 Å². The SMILES string of the molecule is CCCC(Cl)CCc1ncccc1OC. The lowest BCUT2D eigenvalue weighted by molar-refractivity contribution is 0.406. The minimum Gasteiger partial charge on any atom is -0.495 e. The minimum absolute atomic E-state index is 0.252. The number of methoxy groups -OCH3 is 1. The molecule has 0 radical (unpaired) electrons. The van der Waals surface area contributed by atoms with Gasteiger partial charge in [0.2, 0.25) is 0 Å². The van der Waals surface area contributed by atoms with Gasteiger partial charge in [-0.05, 0) is 31.4 Å². The van der Waals surface area contributed by atoms with E-state index in [1.807, 2.05) is 12.1 Å². The van der Waals surface area contributed by atoms with Crippen LogP contribution in [-0.2, 0) is 6.42 Å². The van der Waals surface area contributed by atoms with E-state index in [1.54, 1.807) is 13.3 Å². The average Bonchev–Trinajstić information content (AvgIpc) is 2.27. The molecule has 0 aliphatic heterocycles. The molecule has 1 aromatic heterocycles. The number of halogens is 1. The topological polar surface area (TPSA) is 22.1 Å². The van der Waals surface area contributed by atoms with Gasteiger partial charge in [-0.2, -0.15) is 0 Å². The Morgan fingerprint density at radius 1 is 1.47 bits per heavy atom. The van der Waals surface area contributed by atoms with Gasteiger partial charge in [-0.25, -0.2) is 0 Å². The smallest absolute Gasteiger partial charge is 0.140 e. The van der Waals surface area contributed by atoms with Crippen LogP contribution in [0.1, 0.15) is 31.9 Å². The molecule has 0 fully saturated rings. The molecule has 1 heterocycles. The highest BCUT2D eigenvalue weighted by Gasteiger charge is 2.07. The highest BCUT2D eigenvalue weighted by Crippen LogP contribution is 2.19. The molecule has 1 atom stereocenters. The van der Waals surface area contributed by atoms with Crippen LogP contribution in [0.25, 0.3) is 0 Å². The number of rotatable bonds is 6. The first kappa shape index (κ1) is 12.3. The second-order valence-electron chi connectivity index (χ2n) is 3.58. The normalized spacial score (nSPS) is 12.5. The lowest BCUT2D eigenvalue weighted by Crippen LogP contribution is -2.02. The van der Waals surface area contributed by atoms with Gasteiger partial charge in [0.25, 0.3) is 0 Å². The molecule has 0 aromatic carbocycles. The number of pyridine rings is 1. The van der Waals surface area contributed by atoms with Crippen LogP contribution in [-0.4, -0.2) is 17.5 Å². The summed E-state index contributed by atoms with van der Waals surface area (Å²) in [5.41, 5.74) is 1.00. The molecule has 1 rings (SSSR count). The molecule has 1 unspecified atom stereocenters. The molecule has 0 aliphatic carbocycles. The second-order valence-corrected chi connectivity index (χ2v) is 4.19. The van der Waals surface area contributed by atoms with Gasteiger partial charge >= 0.3 is 0 Å². The first-order chi connectivity index (χ1) is 7.27. The molecule has 15 heavy (non-hydrogen) atoms. The van der Waals surface area contributed by atoms with Gasteiger partial charge < -0.3 is 4.74 Å². The summed E-state index contributed by atoms with van der Waals surface area (Å²) in [6.07, 6.45) is 5.84. The Bertz CT molecular complexity index is 291. The predicted molar refractivity (Wildman–Crippen MR) is 63.7 cm³/mol. The predicted octanol–water partition coefficient (Wildman–Crippen LogP) is 3.43. The maximum absolute atomic E-state index is 6.16. The molecule has 0 amide bonds. The Morgan fingerprint density at radius 2 is 2.27 bits per heavy atom. The van der Waals surface area contributed by atoms with Crippen molar-refractivity contribution in [2.24, 2.45) is 0 Å². The minimum atomic E-state index is 0.252. The number of aryl methyl sites for hydroxylation is 1. The van der Waals surface area contributed by atoms with Crippen LogP contribution in [0, 0.1) is 0 Å². The highest BCUT2D eigenvalue weighted by atomic mass is 35.5. The number of hydrogen-bond acceptors (Lipinski definition) is 2. The Kier molecular flexibility index (Phi) is 5.48. The van der Waals surface area contributed by atoms with Gasteiger partial charge in [0.15, 0.2) is 0 Å². The second kappa shape index (κ2) is 6.67. The fourth-order valence-corrected chi connectivity index (χ4v) is 1.88. The summed E-state index contributed by atoms with van der Waals surface area (Å²) in [4.78, 5) is 4.30. The van der Waals surface area contributed by atoms with Crippen molar-refractivity contribution in [3.8, 4) is 5.75 Å². The van der Waals surface area contributed by atoms with E-state index in [4.69, 9.17) is 16.3 Å². The van der Waals surface area contributed by atoms with Gasteiger partial charge in [-0.3, -0.25) is 4.98 Å². The van der Waals surface area contributed by atoms with Crippen molar-refractivity contribution in [2.45, 2.75) is 38.0 Å². The molecule has 1 aromatic rings. The molecule has 0 spiro atoms. The zero-order chi connectivity index (χ0) is 11.1. The molecular weight excluding hydrogens is 210 g/mol. The van der Waals surface area contributed by atoms with Crippen molar-refractivity contribution < 1.29 is 4.74 Å². The van der Waals surface area contributed by atoms with Crippen LogP contribution in [0.15, 0.2) is 18.3 Å². The molecule has 0 bridgehead atoms. The molecule has 2 nitrogen and oxygen atoms in total. The van der Waals surface area contributed by atoms with E-state index in [2.05, 4.69) is 11.9 Å². The van der Waals surface area contributed by atoms with E-state index in [0.29, 0.717) is 0 Å². The number of nitrogens with zero attached hydrogens (tertiary/aromatic N) is 1. The van der Waals surface area contributed by atoms with Crippen molar-refractivity contribution in [1.29, 1.82) is 0 Å². The van der Waals surface area contributed by atoms with E-state index in [1.165, 1.54) is 0 Å². The molecule has 3 heteroatoms. The summed E-state index contributed by atoms with van der Waals surface area (Å²) in [6, 6.07) is 3.82. The summed E-state index contributed by atoms with van der Waals surface area (Å²) < 4.78 is 5.23. The Morgan fingerprint density at radius 3 is 2.93 bits per heavy atom. The highest BCUT2D eigenvalue weighted by molar-refractivity contribution is 6.20. The largest absolute Gasteiger partial charge is 0.495 e. The Balaban J connectivity index is 2.49. The van der Waals surface area contributed by atoms with Crippen molar-refractivity contribution in [2.75, 3.05) is 7.11 Å². The van der Waals surface area contributed by atoms with E-state index in [-0.39, 0.29) is 5.38 Å². The first-order valence-corrected chi connectivity index (χ1v) is 5.83. The zero-order valence-electron chi connectivity index (χ0n) is 9.37. The molecular formula is C12H18ClNO. The molecule has 0 N–H and O–H groups in total. The fourth-order valence-electron chi connectivity index (χ4n) is 1.55. The van der Waals surface area contributed by atoms with Gasteiger partial charge in [-0.15, -0.1) is 11.6 Å². The van der Waals surface area contributed by atoms with E-state index in [9.17, 15) is 0 Å². The van der Waals surface area contributed by atoms with Crippen LogP contribution in [0.5, 0.6) is 5.75 Å². The average molecular weight is 228 g/mol. The van der Waals surface area contributed by atoms with E-state index in [0.717, 1.165) is 37.1 Å². The number of aromatic nitrogens is 1. The summed E-state index contributed by atoms with van der Waals surface area (Å²) in [6.45, 7) is 2.15. The standard InChI is InChI=1S/C12H18ClNO/c1-3-5-10(13)7-8-11-12(15-2)6-4-9-14-11/h4,6,9-10H,3,5,7-8H2,1-2H3. The first-order valence-electron chi connectivity index (χ1n) is 5.39. The van der Waals surface area contributed by atoms with Crippen molar-refractivity contribution in [1.82, 2.24) is 4.98 Å². The monoisotopic (exact) mass is 227 g/mol. The molecule has 0 saturated carbocycles. The lowest BCUT2D eigenvalue weighted by atomic mass is 10.1. The zero-order valence-corrected chi connectivity index (χ0v) is 10.1. The summed E-state index contributed by atoms with van der Waals surface area (Å²) in [7, 11) is 1.67. The van der Waals surface area contributed by atoms with Crippen LogP contribution in [0.4, 0.5) is 0 Å². The van der Waals surface area contributed by atoms with Crippen molar-refractivity contribution >= 4 is 11.6 Å². The number of alkyl halides is 1. The maximum Gasteiger partial charge on any atom is 0.140 e. The van der Waals surface area contributed by atoms with Crippen LogP contribution >= 0.6 is 11.6 Å². The Labute approximate surface area is 96.6 Å². The van der Waals surface area contributed by atoms with Gasteiger partial charge in [-0.1, -0.05) is 13.3 Å². The van der Waals surface area contributed by atoms with Gasteiger partial charge in [0.1, 0.15) is 5.75 Å². The summed E-state index contributed by atoms with van der Waals surface area (Å²) in [5.74, 6) is 0.859. The quantitative estimate of drug-likeness (QED) is 0.695. The molecule has 84 valence electrons. The third-order valence-corrected chi connectivity index (χ3v) is 2.80. The van der Waals surface area contributed by atoms with Crippen molar-refractivity contribution in [3.63, 3.8) is 0 Å².